The van der Waals surface area contributed by atoms with Crippen LogP contribution in [0, 0.1) is 0 Å². The Bertz CT molecular complexity index is 1010. The molecule has 10 heteroatoms. The average molecular weight is 455 g/mol. The van der Waals surface area contributed by atoms with Crippen LogP contribution in [0.2, 0.25) is 5.02 Å². The number of amides is 1. The summed E-state index contributed by atoms with van der Waals surface area (Å²) in [5, 5.41) is 3.17. The molecule has 8 nitrogen and oxygen atoms in total. The highest BCUT2D eigenvalue weighted by molar-refractivity contribution is 7.89. The van der Waals surface area contributed by atoms with Crippen molar-refractivity contribution in [1.29, 1.82) is 0 Å². The van der Waals surface area contributed by atoms with Crippen molar-refractivity contribution in [2.75, 3.05) is 38.7 Å². The number of nitrogens with one attached hydrogen (secondary N) is 1. The number of ether oxygens (including phenoxy) is 3. The maximum absolute atomic E-state index is 12.9. The maximum Gasteiger partial charge on any atom is 0.265 e. The van der Waals surface area contributed by atoms with Crippen molar-refractivity contribution in [2.24, 2.45) is 0 Å². The number of carbonyl (C=O) groups excluding carboxylic acids is 1. The molecule has 1 heterocycles. The van der Waals surface area contributed by atoms with Crippen molar-refractivity contribution in [1.82, 2.24) is 4.31 Å². The Morgan fingerprint density at radius 2 is 1.93 bits per heavy atom. The van der Waals surface area contributed by atoms with Gasteiger partial charge in [-0.05, 0) is 43.3 Å². The van der Waals surface area contributed by atoms with Gasteiger partial charge < -0.3 is 19.5 Å². The van der Waals surface area contributed by atoms with Crippen molar-refractivity contribution < 1.29 is 27.4 Å². The molecule has 0 aliphatic carbocycles. The summed E-state index contributed by atoms with van der Waals surface area (Å²) in [6.07, 6.45) is -0.854. The van der Waals surface area contributed by atoms with E-state index >= 15 is 0 Å². The van der Waals surface area contributed by atoms with Gasteiger partial charge in [0, 0.05) is 18.1 Å². The smallest absolute Gasteiger partial charge is 0.265 e. The van der Waals surface area contributed by atoms with Crippen LogP contribution in [0.5, 0.6) is 11.5 Å². The highest BCUT2D eigenvalue weighted by atomic mass is 35.5. The van der Waals surface area contributed by atoms with Crippen LogP contribution < -0.4 is 14.8 Å². The summed E-state index contributed by atoms with van der Waals surface area (Å²) < 4.78 is 43.3. The fourth-order valence-electron chi connectivity index (χ4n) is 2.91. The first-order valence-corrected chi connectivity index (χ1v) is 11.1. The van der Waals surface area contributed by atoms with Crippen LogP contribution >= 0.6 is 11.6 Å². The van der Waals surface area contributed by atoms with Crippen LogP contribution in [0.25, 0.3) is 0 Å². The molecule has 3 rings (SSSR count). The van der Waals surface area contributed by atoms with E-state index in [1.54, 1.807) is 31.2 Å². The van der Waals surface area contributed by atoms with E-state index in [9.17, 15) is 13.2 Å². The molecule has 0 aromatic heterocycles. The van der Waals surface area contributed by atoms with Gasteiger partial charge in [0.2, 0.25) is 10.0 Å². The predicted octanol–water partition coefficient (Wildman–Crippen LogP) is 2.78. The van der Waals surface area contributed by atoms with Gasteiger partial charge in [-0.1, -0.05) is 17.7 Å². The van der Waals surface area contributed by atoms with Gasteiger partial charge in [-0.2, -0.15) is 4.31 Å². The Morgan fingerprint density at radius 1 is 1.20 bits per heavy atom. The summed E-state index contributed by atoms with van der Waals surface area (Å²) >= 11 is 5.94. The van der Waals surface area contributed by atoms with Gasteiger partial charge in [0.25, 0.3) is 5.91 Å². The molecule has 2 aromatic carbocycles. The van der Waals surface area contributed by atoms with Crippen molar-refractivity contribution >= 4 is 33.2 Å². The monoisotopic (exact) mass is 454 g/mol. The molecule has 1 N–H and O–H groups in total. The number of benzene rings is 2. The lowest BCUT2D eigenvalue weighted by atomic mass is 10.2. The van der Waals surface area contributed by atoms with E-state index in [1.165, 1.54) is 29.6 Å². The largest absolute Gasteiger partial charge is 0.495 e. The van der Waals surface area contributed by atoms with Crippen LogP contribution in [0.1, 0.15) is 6.92 Å². The van der Waals surface area contributed by atoms with E-state index in [1.807, 2.05) is 0 Å². The Labute approximate surface area is 180 Å². The second-order valence-corrected chi connectivity index (χ2v) is 8.96. The Morgan fingerprint density at radius 3 is 2.60 bits per heavy atom. The SMILES string of the molecule is COc1ccc(S(=O)(=O)N2CCOCC2)cc1NC(=O)[C@H](C)Oc1cccc(Cl)c1. The zero-order valence-electron chi connectivity index (χ0n) is 16.6. The zero-order chi connectivity index (χ0) is 21.7. The first kappa shape index (κ1) is 22.4. The highest BCUT2D eigenvalue weighted by Gasteiger charge is 2.27. The molecule has 1 fully saturated rings. The van der Waals surface area contributed by atoms with Gasteiger partial charge in [-0.3, -0.25) is 4.79 Å². The Kier molecular flexibility index (Phi) is 7.19. The summed E-state index contributed by atoms with van der Waals surface area (Å²) in [5.74, 6) is 0.314. The molecule has 0 bridgehead atoms. The molecule has 0 radical (unpaired) electrons. The first-order valence-electron chi connectivity index (χ1n) is 9.30. The molecular formula is C20H23ClN2O6S. The van der Waals surface area contributed by atoms with Crippen LogP contribution in [0.3, 0.4) is 0 Å². The normalized spacial score (nSPS) is 16.0. The number of rotatable bonds is 7. The topological polar surface area (TPSA) is 94.2 Å². The molecule has 0 saturated carbocycles. The number of anilines is 1. The van der Waals surface area contributed by atoms with E-state index in [2.05, 4.69) is 5.32 Å². The van der Waals surface area contributed by atoms with E-state index < -0.39 is 22.0 Å². The summed E-state index contributed by atoms with van der Waals surface area (Å²) in [6, 6.07) is 11.0. The molecule has 1 atom stereocenters. The van der Waals surface area contributed by atoms with Crippen LogP contribution in [-0.2, 0) is 19.6 Å². The lowest BCUT2D eigenvalue weighted by molar-refractivity contribution is -0.122. The molecule has 1 aliphatic rings. The second kappa shape index (κ2) is 9.65. The standard InChI is InChI=1S/C20H23ClN2O6S/c1-14(29-16-5-3-4-15(21)12-16)20(24)22-18-13-17(6-7-19(18)27-2)30(25,26)23-8-10-28-11-9-23/h3-7,12-14H,8-11H2,1-2H3,(H,22,24)/t14-/m0/s1. The van der Waals surface area contributed by atoms with Gasteiger partial charge in [-0.15, -0.1) is 0 Å². The fraction of sp³-hybridized carbons (Fsp3) is 0.350. The number of morpholine rings is 1. The Hall–Kier alpha value is -2.33. The van der Waals surface area contributed by atoms with Gasteiger partial charge in [-0.25, -0.2) is 8.42 Å². The van der Waals surface area contributed by atoms with Gasteiger partial charge >= 0.3 is 0 Å². The number of nitrogens with zero attached hydrogens (tertiary/aromatic N) is 1. The lowest BCUT2D eigenvalue weighted by Crippen LogP contribution is -2.40. The predicted molar refractivity (Wildman–Crippen MR) is 113 cm³/mol. The Balaban J connectivity index is 1.78. The van der Waals surface area contributed by atoms with Crippen molar-refractivity contribution in [3.05, 3.63) is 47.5 Å². The van der Waals surface area contributed by atoms with Crippen LogP contribution in [-0.4, -0.2) is 58.1 Å². The molecule has 30 heavy (non-hydrogen) atoms. The lowest BCUT2D eigenvalue weighted by Gasteiger charge is -2.26. The number of sulfonamides is 1. The first-order chi connectivity index (χ1) is 14.3. The van der Waals surface area contributed by atoms with Gasteiger partial charge in [0.1, 0.15) is 11.5 Å². The van der Waals surface area contributed by atoms with Crippen LogP contribution in [0.15, 0.2) is 47.4 Å². The zero-order valence-corrected chi connectivity index (χ0v) is 18.2. The average Bonchev–Trinajstić information content (AvgIpc) is 2.74. The van der Waals surface area contributed by atoms with Gasteiger partial charge in [0.15, 0.2) is 6.10 Å². The molecule has 1 aliphatic heterocycles. The molecule has 0 unspecified atom stereocenters. The molecule has 0 spiro atoms. The summed E-state index contributed by atoms with van der Waals surface area (Å²) in [5.41, 5.74) is 0.235. The molecule has 1 amide bonds. The second-order valence-electron chi connectivity index (χ2n) is 6.59. The number of hydrogen-bond acceptors (Lipinski definition) is 6. The maximum atomic E-state index is 12.9. The highest BCUT2D eigenvalue weighted by Crippen LogP contribution is 2.29. The third kappa shape index (κ3) is 5.23. The minimum Gasteiger partial charge on any atom is -0.495 e. The summed E-state index contributed by atoms with van der Waals surface area (Å²) in [6.45, 7) is 2.83. The minimum absolute atomic E-state index is 0.0592. The van der Waals surface area contributed by atoms with E-state index in [0.29, 0.717) is 29.7 Å². The summed E-state index contributed by atoms with van der Waals surface area (Å²) in [4.78, 5) is 12.7. The third-order valence-corrected chi connectivity index (χ3v) is 6.64. The van der Waals surface area contributed by atoms with E-state index in [4.69, 9.17) is 25.8 Å². The molecular weight excluding hydrogens is 432 g/mol. The van der Waals surface area contributed by atoms with Gasteiger partial charge in [0.05, 0.1) is 30.9 Å². The number of halogens is 1. The van der Waals surface area contributed by atoms with E-state index in [0.717, 1.165) is 0 Å². The van der Waals surface area contributed by atoms with Crippen LogP contribution in [0.4, 0.5) is 5.69 Å². The number of carbonyl (C=O) groups is 1. The van der Waals surface area contributed by atoms with Crippen molar-refractivity contribution in [2.45, 2.75) is 17.9 Å². The molecule has 162 valence electrons. The molecule has 1 saturated heterocycles. The van der Waals surface area contributed by atoms with Crippen molar-refractivity contribution in [3.63, 3.8) is 0 Å². The fourth-order valence-corrected chi connectivity index (χ4v) is 4.53. The van der Waals surface area contributed by atoms with E-state index in [-0.39, 0.29) is 23.7 Å². The number of methoxy groups -OCH3 is 1. The minimum atomic E-state index is -3.72. The third-order valence-electron chi connectivity index (χ3n) is 4.51. The molecule has 2 aromatic rings. The van der Waals surface area contributed by atoms with Crippen molar-refractivity contribution in [3.8, 4) is 11.5 Å². The quantitative estimate of drug-likeness (QED) is 0.691. The summed E-state index contributed by atoms with van der Waals surface area (Å²) in [7, 11) is -2.28. The number of hydrogen-bond donors (Lipinski definition) is 1.